The molecule has 0 aliphatic carbocycles. The number of rotatable bonds is 22. The Hall–Kier alpha value is -0.570. The van der Waals surface area contributed by atoms with Gasteiger partial charge in [0.25, 0.3) is 0 Å². The van der Waals surface area contributed by atoms with E-state index in [-0.39, 0.29) is 0 Å². The summed E-state index contributed by atoms with van der Waals surface area (Å²) in [5, 5.41) is 8.82. The Labute approximate surface area is 176 Å². The lowest BCUT2D eigenvalue weighted by Crippen LogP contribution is -2.50. The minimum absolute atomic E-state index is 0.338. The molecule has 0 unspecified atom stereocenters. The highest BCUT2D eigenvalue weighted by Gasteiger charge is 2.25. The number of carboxylic acids is 1. The molecule has 0 radical (unpaired) electrons. The van der Waals surface area contributed by atoms with Crippen molar-refractivity contribution in [3.05, 3.63) is 0 Å². The highest BCUT2D eigenvalue weighted by atomic mass is 16.4. The molecule has 0 aliphatic rings. The van der Waals surface area contributed by atoms with Gasteiger partial charge in [-0.1, -0.05) is 65.7 Å². The first-order chi connectivity index (χ1) is 13.6. The van der Waals surface area contributed by atoms with Crippen molar-refractivity contribution >= 4 is 5.97 Å². The Morgan fingerprint density at radius 1 is 0.536 bits per heavy atom. The fourth-order valence-electron chi connectivity index (χ4n) is 4.37. The normalized spacial score (nSPS) is 11.8. The van der Waals surface area contributed by atoms with Crippen molar-refractivity contribution in [1.29, 1.82) is 0 Å². The highest BCUT2D eigenvalue weighted by molar-refractivity contribution is 5.66. The van der Waals surface area contributed by atoms with Gasteiger partial charge in [-0.05, 0) is 57.8 Å². The zero-order valence-corrected chi connectivity index (χ0v) is 19.7. The van der Waals surface area contributed by atoms with Crippen LogP contribution in [0.25, 0.3) is 0 Å². The third-order valence-corrected chi connectivity index (χ3v) is 6.23. The smallest absolute Gasteiger partial charge is 0.303 e. The number of aliphatic carboxylic acids is 1. The summed E-state index contributed by atoms with van der Waals surface area (Å²) in [4.78, 5) is 10.7. The van der Waals surface area contributed by atoms with Gasteiger partial charge in [-0.2, -0.15) is 0 Å². The molecule has 168 valence electrons. The average Bonchev–Trinajstić information content (AvgIpc) is 2.68. The van der Waals surface area contributed by atoms with E-state index in [9.17, 15) is 4.79 Å². The Kier molecular flexibility index (Phi) is 19.3. The standard InChI is InChI=1S/C25H51NO2/c1-4-7-10-16-21-26(22-17-11-8-5-2,23-18-12-9-6-3)24-19-14-13-15-20-25(27)28/h4-24H2,1-3H3/p+1. The van der Waals surface area contributed by atoms with Crippen molar-refractivity contribution in [3.63, 3.8) is 0 Å². The largest absolute Gasteiger partial charge is 0.481 e. The molecule has 0 aromatic carbocycles. The molecule has 0 aliphatic heterocycles. The van der Waals surface area contributed by atoms with Crippen LogP contribution in [0.5, 0.6) is 0 Å². The van der Waals surface area contributed by atoms with Crippen LogP contribution in [0.4, 0.5) is 0 Å². The first-order valence-corrected chi connectivity index (χ1v) is 12.7. The molecule has 28 heavy (non-hydrogen) atoms. The maximum atomic E-state index is 10.7. The average molecular weight is 399 g/mol. The first-order valence-electron chi connectivity index (χ1n) is 12.7. The Morgan fingerprint density at radius 2 is 0.857 bits per heavy atom. The zero-order chi connectivity index (χ0) is 20.9. The molecule has 0 heterocycles. The van der Waals surface area contributed by atoms with E-state index in [0.29, 0.717) is 6.42 Å². The molecule has 0 rings (SSSR count). The van der Waals surface area contributed by atoms with Gasteiger partial charge in [0.15, 0.2) is 0 Å². The molecule has 0 bridgehead atoms. The fourth-order valence-corrected chi connectivity index (χ4v) is 4.37. The topological polar surface area (TPSA) is 37.3 Å². The second kappa shape index (κ2) is 19.7. The molecule has 0 aromatic rings. The van der Waals surface area contributed by atoms with Crippen molar-refractivity contribution in [3.8, 4) is 0 Å². The van der Waals surface area contributed by atoms with Crippen molar-refractivity contribution in [2.45, 2.75) is 130 Å². The minimum Gasteiger partial charge on any atom is -0.481 e. The number of hydrogen-bond donors (Lipinski definition) is 1. The predicted octanol–water partition coefficient (Wildman–Crippen LogP) is 7.58. The third kappa shape index (κ3) is 16.4. The number of carboxylic acid groups (broad SMARTS) is 1. The van der Waals surface area contributed by atoms with Crippen LogP contribution in [-0.4, -0.2) is 41.7 Å². The first kappa shape index (κ1) is 27.4. The third-order valence-electron chi connectivity index (χ3n) is 6.23. The Bertz CT molecular complexity index is 312. The van der Waals surface area contributed by atoms with Crippen LogP contribution < -0.4 is 0 Å². The quantitative estimate of drug-likeness (QED) is 0.151. The fraction of sp³-hybridized carbons (Fsp3) is 0.960. The van der Waals surface area contributed by atoms with Crippen LogP contribution >= 0.6 is 0 Å². The maximum absolute atomic E-state index is 10.7. The molecule has 0 saturated carbocycles. The number of quaternary nitrogens is 1. The summed E-state index contributed by atoms with van der Waals surface area (Å²) < 4.78 is 1.34. The van der Waals surface area contributed by atoms with E-state index in [0.717, 1.165) is 12.8 Å². The van der Waals surface area contributed by atoms with E-state index < -0.39 is 5.97 Å². The van der Waals surface area contributed by atoms with Crippen LogP contribution in [0.2, 0.25) is 0 Å². The second-order valence-electron chi connectivity index (χ2n) is 8.98. The van der Waals surface area contributed by atoms with E-state index >= 15 is 0 Å². The number of nitrogens with zero attached hydrogens (tertiary/aromatic N) is 1. The van der Waals surface area contributed by atoms with E-state index in [1.54, 1.807) is 0 Å². The molecule has 3 nitrogen and oxygen atoms in total. The molecule has 0 atom stereocenters. The monoisotopic (exact) mass is 398 g/mol. The van der Waals surface area contributed by atoms with Gasteiger partial charge in [0.2, 0.25) is 0 Å². The Morgan fingerprint density at radius 3 is 1.18 bits per heavy atom. The van der Waals surface area contributed by atoms with E-state index in [1.807, 2.05) is 0 Å². The van der Waals surface area contributed by atoms with Crippen LogP contribution in [0.1, 0.15) is 130 Å². The van der Waals surface area contributed by atoms with Crippen molar-refractivity contribution in [2.24, 2.45) is 0 Å². The lowest BCUT2D eigenvalue weighted by atomic mass is 10.1. The summed E-state index contributed by atoms with van der Waals surface area (Å²) in [6.45, 7) is 12.3. The molecular weight excluding hydrogens is 346 g/mol. The molecule has 1 N–H and O–H groups in total. The van der Waals surface area contributed by atoms with Gasteiger partial charge in [0.1, 0.15) is 0 Å². The summed E-state index contributed by atoms with van der Waals surface area (Å²) in [5.74, 6) is -0.645. The van der Waals surface area contributed by atoms with E-state index in [2.05, 4.69) is 20.8 Å². The predicted molar refractivity (Wildman–Crippen MR) is 123 cm³/mol. The molecule has 0 amide bonds. The van der Waals surface area contributed by atoms with Crippen molar-refractivity contribution < 1.29 is 14.4 Å². The van der Waals surface area contributed by atoms with Crippen molar-refractivity contribution in [2.75, 3.05) is 26.2 Å². The molecule has 0 saturated heterocycles. The van der Waals surface area contributed by atoms with Gasteiger partial charge >= 0.3 is 5.97 Å². The zero-order valence-electron chi connectivity index (χ0n) is 19.7. The van der Waals surface area contributed by atoms with E-state index in [1.165, 1.54) is 121 Å². The van der Waals surface area contributed by atoms with Gasteiger partial charge in [-0.15, -0.1) is 0 Å². The van der Waals surface area contributed by atoms with Crippen LogP contribution in [-0.2, 0) is 4.79 Å². The summed E-state index contributed by atoms with van der Waals surface area (Å²) in [6, 6.07) is 0. The van der Waals surface area contributed by atoms with Crippen LogP contribution in [0, 0.1) is 0 Å². The number of unbranched alkanes of at least 4 members (excludes halogenated alkanes) is 12. The lowest BCUT2D eigenvalue weighted by molar-refractivity contribution is -0.929. The molecule has 0 aromatic heterocycles. The van der Waals surface area contributed by atoms with Crippen LogP contribution in [0.15, 0.2) is 0 Å². The second-order valence-corrected chi connectivity index (χ2v) is 8.98. The molecule has 0 spiro atoms. The summed E-state index contributed by atoms with van der Waals surface area (Å²) in [5.41, 5.74) is 0. The summed E-state index contributed by atoms with van der Waals surface area (Å²) in [6.07, 6.45) is 21.1. The molecule has 3 heteroatoms. The summed E-state index contributed by atoms with van der Waals surface area (Å²) >= 11 is 0. The Balaban J connectivity index is 4.64. The van der Waals surface area contributed by atoms with Gasteiger partial charge in [-0.3, -0.25) is 4.79 Å². The lowest BCUT2D eigenvalue weighted by Gasteiger charge is -2.39. The van der Waals surface area contributed by atoms with Gasteiger partial charge in [-0.25, -0.2) is 0 Å². The highest BCUT2D eigenvalue weighted by Crippen LogP contribution is 2.19. The number of carbonyl (C=O) groups is 1. The molecular formula is C25H52NO2+. The number of hydrogen-bond acceptors (Lipinski definition) is 1. The van der Waals surface area contributed by atoms with Gasteiger partial charge < -0.3 is 9.59 Å². The van der Waals surface area contributed by atoms with E-state index in [4.69, 9.17) is 5.11 Å². The summed E-state index contributed by atoms with van der Waals surface area (Å²) in [7, 11) is 0. The SMILES string of the molecule is CCCCCC[N+](CCCCCC)(CCCCCC)CCCCCCC(=O)O. The molecule has 0 fully saturated rings. The minimum atomic E-state index is -0.645. The van der Waals surface area contributed by atoms with Gasteiger partial charge in [0, 0.05) is 6.42 Å². The van der Waals surface area contributed by atoms with Crippen LogP contribution in [0.3, 0.4) is 0 Å². The van der Waals surface area contributed by atoms with Crippen molar-refractivity contribution in [1.82, 2.24) is 0 Å². The maximum Gasteiger partial charge on any atom is 0.303 e. The van der Waals surface area contributed by atoms with Gasteiger partial charge in [0.05, 0.1) is 26.2 Å².